The van der Waals surface area contributed by atoms with E-state index in [0.29, 0.717) is 17.0 Å². The first-order valence-corrected chi connectivity index (χ1v) is 12.3. The summed E-state index contributed by atoms with van der Waals surface area (Å²) in [7, 11) is -2.38. The number of benzene rings is 3. The second-order valence-electron chi connectivity index (χ2n) is 7.73. The molecule has 9 heteroatoms. The summed E-state index contributed by atoms with van der Waals surface area (Å²) in [6.45, 7) is 4.63. The minimum atomic E-state index is -3.85. The van der Waals surface area contributed by atoms with Crippen molar-refractivity contribution in [2.75, 3.05) is 11.8 Å². The number of nitrogens with one attached hydrogen (secondary N) is 2. The van der Waals surface area contributed by atoms with Crippen LogP contribution >= 0.6 is 0 Å². The first kappa shape index (κ1) is 23.3. The SMILES string of the molecule is CCn1c(C(C)NC(=O)c2ccc(S(=O)(=O)Nc3ccccc3OC)cc2)nc2ccccc21. The van der Waals surface area contributed by atoms with Gasteiger partial charge >= 0.3 is 0 Å². The molecule has 1 unspecified atom stereocenters. The van der Waals surface area contributed by atoms with Crippen molar-refractivity contribution in [3.63, 3.8) is 0 Å². The molecule has 0 bridgehead atoms. The van der Waals surface area contributed by atoms with Gasteiger partial charge in [0.25, 0.3) is 15.9 Å². The molecule has 0 aliphatic heterocycles. The fourth-order valence-electron chi connectivity index (χ4n) is 3.82. The van der Waals surface area contributed by atoms with Gasteiger partial charge in [0.1, 0.15) is 11.6 Å². The highest BCUT2D eigenvalue weighted by atomic mass is 32.2. The summed E-state index contributed by atoms with van der Waals surface area (Å²) in [5.74, 6) is 0.857. The topological polar surface area (TPSA) is 102 Å². The molecule has 34 heavy (non-hydrogen) atoms. The van der Waals surface area contributed by atoms with Crippen LogP contribution in [-0.4, -0.2) is 31.0 Å². The summed E-state index contributed by atoms with van der Waals surface area (Å²) < 4.78 is 35.4. The van der Waals surface area contributed by atoms with Gasteiger partial charge in [0, 0.05) is 12.1 Å². The van der Waals surface area contributed by atoms with E-state index in [-0.39, 0.29) is 16.8 Å². The minimum absolute atomic E-state index is 0.0378. The van der Waals surface area contributed by atoms with Gasteiger partial charge in [-0.15, -0.1) is 0 Å². The lowest BCUT2D eigenvalue weighted by Gasteiger charge is -2.16. The van der Waals surface area contributed by atoms with E-state index in [0.717, 1.165) is 23.4 Å². The number of nitrogens with zero attached hydrogens (tertiary/aromatic N) is 2. The van der Waals surface area contributed by atoms with E-state index in [1.165, 1.54) is 31.4 Å². The Morgan fingerprint density at radius 2 is 1.71 bits per heavy atom. The molecule has 1 atom stereocenters. The van der Waals surface area contributed by atoms with Gasteiger partial charge in [-0.2, -0.15) is 0 Å². The predicted octanol–water partition coefficient (Wildman–Crippen LogP) is 4.36. The average Bonchev–Trinajstić information content (AvgIpc) is 3.23. The molecule has 1 amide bonds. The van der Waals surface area contributed by atoms with Crippen LogP contribution in [0.25, 0.3) is 11.0 Å². The van der Waals surface area contributed by atoms with Crippen LogP contribution in [0.1, 0.15) is 36.1 Å². The lowest BCUT2D eigenvalue weighted by atomic mass is 10.2. The number of rotatable bonds is 8. The lowest BCUT2D eigenvalue weighted by Crippen LogP contribution is -2.28. The third-order valence-corrected chi connectivity index (χ3v) is 6.89. The Hall–Kier alpha value is -3.85. The van der Waals surface area contributed by atoms with Crippen LogP contribution in [0.3, 0.4) is 0 Å². The molecule has 4 rings (SSSR count). The van der Waals surface area contributed by atoms with Crippen molar-refractivity contribution in [3.8, 4) is 5.75 Å². The molecule has 176 valence electrons. The van der Waals surface area contributed by atoms with E-state index in [9.17, 15) is 13.2 Å². The van der Waals surface area contributed by atoms with Crippen molar-refractivity contribution in [2.45, 2.75) is 31.3 Å². The molecule has 0 spiro atoms. The van der Waals surface area contributed by atoms with Gasteiger partial charge < -0.3 is 14.6 Å². The smallest absolute Gasteiger partial charge is 0.262 e. The maximum atomic E-state index is 12.8. The molecule has 3 aromatic carbocycles. The fourth-order valence-corrected chi connectivity index (χ4v) is 4.89. The first-order valence-electron chi connectivity index (χ1n) is 10.9. The number of aromatic nitrogens is 2. The molecule has 0 aliphatic rings. The molecule has 1 aromatic heterocycles. The summed E-state index contributed by atoms with van der Waals surface area (Å²) >= 11 is 0. The molecule has 8 nitrogen and oxygen atoms in total. The Kier molecular flexibility index (Phi) is 6.56. The molecule has 2 N–H and O–H groups in total. The van der Waals surface area contributed by atoms with E-state index in [1.807, 2.05) is 38.1 Å². The van der Waals surface area contributed by atoms with E-state index in [2.05, 4.69) is 19.6 Å². The van der Waals surface area contributed by atoms with Crippen LogP contribution in [-0.2, 0) is 16.6 Å². The zero-order valence-electron chi connectivity index (χ0n) is 19.1. The van der Waals surface area contributed by atoms with Gasteiger partial charge in [0.05, 0.1) is 34.8 Å². The van der Waals surface area contributed by atoms with Crippen LogP contribution in [0.2, 0.25) is 0 Å². The maximum Gasteiger partial charge on any atom is 0.262 e. The molecule has 4 aromatic rings. The highest BCUT2D eigenvalue weighted by Crippen LogP contribution is 2.26. The van der Waals surface area contributed by atoms with E-state index < -0.39 is 10.0 Å². The van der Waals surface area contributed by atoms with Crippen molar-refractivity contribution in [1.29, 1.82) is 0 Å². The summed E-state index contributed by atoms with van der Waals surface area (Å²) in [5.41, 5.74) is 2.57. The number of carbonyl (C=O) groups excluding carboxylic acids is 1. The number of carbonyl (C=O) groups is 1. The molecule has 1 heterocycles. The van der Waals surface area contributed by atoms with Gasteiger partial charge in [-0.3, -0.25) is 9.52 Å². The largest absolute Gasteiger partial charge is 0.495 e. The molecule has 0 radical (unpaired) electrons. The number of aryl methyl sites for hydroxylation is 1. The molecule has 0 fully saturated rings. The number of methoxy groups -OCH3 is 1. The maximum absolute atomic E-state index is 12.8. The fraction of sp³-hybridized carbons (Fsp3) is 0.200. The number of hydrogen-bond donors (Lipinski definition) is 2. The monoisotopic (exact) mass is 478 g/mol. The number of anilines is 1. The first-order chi connectivity index (χ1) is 16.3. The Bertz CT molecular complexity index is 1430. The zero-order valence-corrected chi connectivity index (χ0v) is 20.0. The molecule has 0 aliphatic carbocycles. The van der Waals surface area contributed by atoms with Crippen molar-refractivity contribution >= 4 is 32.7 Å². The summed E-state index contributed by atoms with van der Waals surface area (Å²) in [6, 6.07) is 20.0. The Morgan fingerprint density at radius 3 is 2.41 bits per heavy atom. The standard InChI is InChI=1S/C25H26N4O4S/c1-4-29-22-11-7-5-9-20(22)27-24(29)17(2)26-25(30)18-13-15-19(16-14-18)34(31,32)28-21-10-6-8-12-23(21)33-3/h5-17,28H,4H2,1-3H3,(H,26,30). The van der Waals surface area contributed by atoms with Gasteiger partial charge in [-0.25, -0.2) is 13.4 Å². The summed E-state index contributed by atoms with van der Waals surface area (Å²) in [6.07, 6.45) is 0. The van der Waals surface area contributed by atoms with E-state index in [4.69, 9.17) is 4.74 Å². The number of amides is 1. The number of imidazole rings is 1. The van der Waals surface area contributed by atoms with Crippen LogP contribution in [0.5, 0.6) is 5.75 Å². The summed E-state index contributed by atoms with van der Waals surface area (Å²) in [4.78, 5) is 17.6. The number of para-hydroxylation sites is 4. The van der Waals surface area contributed by atoms with Gasteiger partial charge in [0.15, 0.2) is 0 Å². The van der Waals surface area contributed by atoms with Crippen molar-refractivity contribution in [3.05, 3.63) is 84.2 Å². The van der Waals surface area contributed by atoms with Crippen molar-refractivity contribution in [2.24, 2.45) is 0 Å². The third-order valence-electron chi connectivity index (χ3n) is 5.51. The van der Waals surface area contributed by atoms with Crippen LogP contribution in [0.4, 0.5) is 5.69 Å². The van der Waals surface area contributed by atoms with Crippen LogP contribution in [0.15, 0.2) is 77.7 Å². The van der Waals surface area contributed by atoms with Gasteiger partial charge in [-0.1, -0.05) is 24.3 Å². The second-order valence-corrected chi connectivity index (χ2v) is 9.41. The minimum Gasteiger partial charge on any atom is -0.495 e. The number of sulfonamides is 1. The van der Waals surface area contributed by atoms with Crippen LogP contribution in [0, 0.1) is 0 Å². The Morgan fingerprint density at radius 1 is 1.03 bits per heavy atom. The lowest BCUT2D eigenvalue weighted by molar-refractivity contribution is 0.0937. The number of ether oxygens (including phenoxy) is 1. The van der Waals surface area contributed by atoms with Crippen molar-refractivity contribution < 1.29 is 17.9 Å². The van der Waals surface area contributed by atoms with Crippen molar-refractivity contribution in [1.82, 2.24) is 14.9 Å². The average molecular weight is 479 g/mol. The molecule has 0 saturated carbocycles. The van der Waals surface area contributed by atoms with E-state index >= 15 is 0 Å². The van der Waals surface area contributed by atoms with E-state index in [1.54, 1.807) is 24.3 Å². The molecule has 0 saturated heterocycles. The normalized spacial score (nSPS) is 12.3. The Labute approximate surface area is 198 Å². The predicted molar refractivity (Wildman–Crippen MR) is 132 cm³/mol. The molecular formula is C25H26N4O4S. The quantitative estimate of drug-likeness (QED) is 0.392. The number of fused-ring (bicyclic) bond motifs is 1. The summed E-state index contributed by atoms with van der Waals surface area (Å²) in [5, 5.41) is 2.96. The zero-order chi connectivity index (χ0) is 24.3. The van der Waals surface area contributed by atoms with Crippen LogP contribution < -0.4 is 14.8 Å². The Balaban J connectivity index is 1.50. The molecular weight excluding hydrogens is 452 g/mol. The van der Waals surface area contributed by atoms with Gasteiger partial charge in [0.2, 0.25) is 0 Å². The highest BCUT2D eigenvalue weighted by molar-refractivity contribution is 7.92. The number of hydrogen-bond acceptors (Lipinski definition) is 5. The third kappa shape index (κ3) is 4.60. The van der Waals surface area contributed by atoms with Gasteiger partial charge in [-0.05, 0) is 62.4 Å². The highest BCUT2D eigenvalue weighted by Gasteiger charge is 2.20. The second kappa shape index (κ2) is 9.56.